The molecule has 0 spiro atoms. The average Bonchev–Trinajstić information content (AvgIpc) is 2.78. The number of alkyl halides is 15. The summed E-state index contributed by atoms with van der Waals surface area (Å²) in [7, 11) is 0. The zero-order valence-electron chi connectivity index (χ0n) is 18.2. The molecule has 1 aromatic rings. The van der Waals surface area contributed by atoms with Gasteiger partial charge in [0, 0.05) is 0 Å². The molecule has 1 rings (SSSR count). The van der Waals surface area contributed by atoms with E-state index in [1.807, 2.05) is 0 Å². The van der Waals surface area contributed by atoms with Crippen LogP contribution in [0.5, 0.6) is 5.75 Å². The van der Waals surface area contributed by atoms with E-state index in [9.17, 15) is 79.4 Å². The number of halogens is 17. The lowest BCUT2D eigenvalue weighted by Crippen LogP contribution is -2.72. The van der Waals surface area contributed by atoms with Gasteiger partial charge in [-0.15, -0.1) is 0 Å². The lowest BCUT2D eigenvalue weighted by atomic mass is 9.91. The van der Waals surface area contributed by atoms with E-state index in [2.05, 4.69) is 9.47 Å². The number of ether oxygens (including phenoxy) is 2. The summed E-state index contributed by atoms with van der Waals surface area (Å²) in [4.78, 5) is 11.4. The van der Waals surface area contributed by atoms with Gasteiger partial charge in [-0.1, -0.05) is 12.1 Å². The van der Waals surface area contributed by atoms with Gasteiger partial charge in [-0.3, -0.25) is 5.32 Å². The first kappa shape index (κ1) is 33.9. The van der Waals surface area contributed by atoms with Gasteiger partial charge >= 0.3 is 53.8 Å². The van der Waals surface area contributed by atoms with E-state index < -0.39 is 71.1 Å². The molecule has 39 heavy (non-hydrogen) atoms. The Morgan fingerprint density at radius 3 is 1.62 bits per heavy atom. The van der Waals surface area contributed by atoms with Gasteiger partial charge in [0.25, 0.3) is 0 Å². The van der Waals surface area contributed by atoms with Gasteiger partial charge in [-0.2, -0.15) is 74.6 Å². The van der Waals surface area contributed by atoms with Crippen LogP contribution in [0.2, 0.25) is 0 Å². The predicted molar refractivity (Wildman–Crippen MR) is 92.7 cm³/mol. The maximum Gasteiger partial charge on any atom is 0.460 e. The monoisotopic (exact) mass is 611 g/mol. The number of hydrogen-bond acceptors (Lipinski definition) is 3. The largest absolute Gasteiger partial charge is 0.460 e. The smallest absolute Gasteiger partial charge is 0.450 e. The Morgan fingerprint density at radius 1 is 0.718 bits per heavy atom. The highest BCUT2D eigenvalue weighted by Crippen LogP contribution is 2.63. The van der Waals surface area contributed by atoms with Crippen LogP contribution in [0.3, 0.4) is 0 Å². The molecule has 0 aromatic heterocycles. The first-order valence-corrected chi connectivity index (χ1v) is 9.35. The maximum atomic E-state index is 13.9. The Kier molecular flexibility index (Phi) is 9.06. The summed E-state index contributed by atoms with van der Waals surface area (Å²) in [5.41, 5.74) is -0.806. The third kappa shape index (κ3) is 5.48. The van der Waals surface area contributed by atoms with E-state index in [0.717, 1.165) is 18.2 Å². The first-order chi connectivity index (χ1) is 17.3. The summed E-state index contributed by atoms with van der Waals surface area (Å²) >= 11 is 0. The number of hydrogen-bond donors (Lipinski definition) is 1. The molecular weight excluding hydrogens is 601 g/mol. The number of allylic oxidation sites excluding steroid dienone is 1. The van der Waals surface area contributed by atoms with E-state index in [-0.39, 0.29) is 6.61 Å². The van der Waals surface area contributed by atoms with Gasteiger partial charge in [0.2, 0.25) is 5.83 Å². The van der Waals surface area contributed by atoms with Gasteiger partial charge in [0.05, 0.1) is 12.3 Å². The zero-order chi connectivity index (χ0) is 31.0. The molecule has 0 saturated heterocycles. The SMILES string of the molecule is CCOC(=O)Nc1ccccc1OC(F)=C(F)C(F)(F)C(F)(F)C(F)(F)C(F)(F)C(F)(F)C(F)(F)C(F)(F)F. The lowest BCUT2D eigenvalue weighted by Gasteiger charge is -2.41. The van der Waals surface area contributed by atoms with Crippen molar-refractivity contribution in [3.8, 4) is 5.75 Å². The number of carbonyl (C=O) groups is 1. The molecule has 0 radical (unpaired) electrons. The van der Waals surface area contributed by atoms with Crippen LogP contribution in [0.25, 0.3) is 0 Å². The van der Waals surface area contributed by atoms with E-state index in [0.29, 0.717) is 6.07 Å². The molecule has 0 saturated carbocycles. The number of para-hydroxylation sites is 2. The number of carbonyl (C=O) groups excluding carboxylic acids is 1. The van der Waals surface area contributed by atoms with E-state index >= 15 is 0 Å². The number of amides is 1. The Balaban J connectivity index is 3.57. The average molecular weight is 611 g/mol. The standard InChI is InChI=1S/C18H10F17NO3/c1-2-38-11(37)36-7-5-3-4-6-8(7)39-10(20)9(19)12(21,22)13(23,24)14(25,26)15(27,28)16(29,30)17(31,32)18(33,34)35/h3-6H,2H2,1H3,(H,36,37). The molecule has 1 amide bonds. The summed E-state index contributed by atoms with van der Waals surface area (Å²) in [5.74, 6) is -55.9. The minimum absolute atomic E-state index is 0.300. The van der Waals surface area contributed by atoms with Crippen molar-refractivity contribution >= 4 is 11.8 Å². The van der Waals surface area contributed by atoms with E-state index in [4.69, 9.17) is 0 Å². The minimum atomic E-state index is -8.68. The van der Waals surface area contributed by atoms with Crippen LogP contribution in [0.15, 0.2) is 36.1 Å². The molecule has 0 heterocycles. The summed E-state index contributed by atoms with van der Waals surface area (Å²) in [6.45, 7) is 0.966. The van der Waals surface area contributed by atoms with Crippen LogP contribution in [0, 0.1) is 0 Å². The summed E-state index contributed by atoms with van der Waals surface area (Å²) in [6.07, 6.45) is -9.18. The highest BCUT2D eigenvalue weighted by molar-refractivity contribution is 5.86. The van der Waals surface area contributed by atoms with Crippen LogP contribution in [0.4, 0.5) is 85.1 Å². The summed E-state index contributed by atoms with van der Waals surface area (Å²) in [5, 5.41) is 1.71. The van der Waals surface area contributed by atoms with Gasteiger partial charge in [0.15, 0.2) is 5.75 Å². The van der Waals surface area contributed by atoms with Crippen LogP contribution in [-0.2, 0) is 4.74 Å². The molecule has 0 bridgehead atoms. The van der Waals surface area contributed by atoms with Crippen molar-refractivity contribution in [2.24, 2.45) is 0 Å². The molecular formula is C18H10F17NO3. The predicted octanol–water partition coefficient (Wildman–Crippen LogP) is 8.12. The maximum absolute atomic E-state index is 13.9. The van der Waals surface area contributed by atoms with Gasteiger partial charge in [-0.25, -0.2) is 4.79 Å². The van der Waals surface area contributed by atoms with E-state index in [1.54, 1.807) is 5.32 Å². The number of anilines is 1. The second-order valence-corrected chi connectivity index (χ2v) is 6.98. The fraction of sp³-hybridized carbons (Fsp3) is 0.500. The number of rotatable bonds is 10. The molecule has 1 N–H and O–H groups in total. The summed E-state index contributed by atoms with van der Waals surface area (Å²) < 4.78 is 234. The quantitative estimate of drug-likeness (QED) is 0.215. The fourth-order valence-corrected chi connectivity index (χ4v) is 2.31. The van der Waals surface area contributed by atoms with Crippen LogP contribution in [-0.4, -0.2) is 54.4 Å². The van der Waals surface area contributed by atoms with Crippen LogP contribution >= 0.6 is 0 Å². The Bertz CT molecular complexity index is 1080. The van der Waals surface area contributed by atoms with Crippen molar-refractivity contribution < 1.29 is 88.9 Å². The molecule has 21 heteroatoms. The highest BCUT2D eigenvalue weighted by atomic mass is 19.4. The van der Waals surface area contributed by atoms with Crippen molar-refractivity contribution in [3.05, 3.63) is 36.1 Å². The fourth-order valence-electron chi connectivity index (χ4n) is 2.31. The Morgan fingerprint density at radius 2 is 1.15 bits per heavy atom. The zero-order valence-corrected chi connectivity index (χ0v) is 18.2. The van der Waals surface area contributed by atoms with Crippen molar-refractivity contribution in [1.29, 1.82) is 0 Å². The molecule has 1 aromatic carbocycles. The molecule has 0 aliphatic heterocycles. The van der Waals surface area contributed by atoms with Gasteiger partial charge in [0.1, 0.15) is 0 Å². The highest BCUT2D eigenvalue weighted by Gasteiger charge is 2.93. The molecule has 0 aliphatic rings. The lowest BCUT2D eigenvalue weighted by molar-refractivity contribution is -0.451. The van der Waals surface area contributed by atoms with Gasteiger partial charge < -0.3 is 9.47 Å². The molecule has 224 valence electrons. The van der Waals surface area contributed by atoms with Gasteiger partial charge in [-0.05, 0) is 19.1 Å². The Labute approximate surface area is 204 Å². The first-order valence-electron chi connectivity index (χ1n) is 9.35. The van der Waals surface area contributed by atoms with Crippen LogP contribution in [0.1, 0.15) is 6.92 Å². The summed E-state index contributed by atoms with van der Waals surface area (Å²) in [6, 6.07) is -0.616. The van der Waals surface area contributed by atoms with E-state index in [1.165, 1.54) is 6.92 Å². The minimum Gasteiger partial charge on any atom is -0.450 e. The number of nitrogens with one attached hydrogen (secondary N) is 1. The molecule has 4 nitrogen and oxygen atoms in total. The Hall–Kier alpha value is -3.16. The second-order valence-electron chi connectivity index (χ2n) is 6.98. The molecule has 0 aliphatic carbocycles. The topological polar surface area (TPSA) is 47.6 Å². The van der Waals surface area contributed by atoms with Crippen molar-refractivity contribution in [1.82, 2.24) is 0 Å². The van der Waals surface area contributed by atoms with Crippen molar-refractivity contribution in [2.45, 2.75) is 48.6 Å². The third-order valence-electron chi connectivity index (χ3n) is 4.37. The van der Waals surface area contributed by atoms with Crippen LogP contribution < -0.4 is 10.1 Å². The van der Waals surface area contributed by atoms with Crippen molar-refractivity contribution in [3.63, 3.8) is 0 Å². The van der Waals surface area contributed by atoms with Crippen molar-refractivity contribution in [2.75, 3.05) is 11.9 Å². The number of benzene rings is 1. The third-order valence-corrected chi connectivity index (χ3v) is 4.37. The molecule has 0 atom stereocenters. The molecule has 0 unspecified atom stereocenters. The second kappa shape index (κ2) is 10.4. The molecule has 0 fully saturated rings. The normalized spacial score (nSPS) is 15.0.